The predicted molar refractivity (Wildman–Crippen MR) is 103 cm³/mol. The van der Waals surface area contributed by atoms with Crippen molar-refractivity contribution in [3.8, 4) is 11.3 Å². The first-order valence-electron chi connectivity index (χ1n) is 7.77. The Labute approximate surface area is 154 Å². The lowest BCUT2D eigenvalue weighted by atomic mass is 10.1. The van der Waals surface area contributed by atoms with Gasteiger partial charge in [0.15, 0.2) is 0 Å². The van der Waals surface area contributed by atoms with Crippen molar-refractivity contribution in [3.05, 3.63) is 82.6 Å². The molecule has 0 aliphatic heterocycles. The molecule has 2 nitrogen and oxygen atoms in total. The average Bonchev–Trinajstić information content (AvgIpc) is 3.05. The standard InChI is InChI=1S/C20H20ClNO.ClH/c1-14-8-9-17(12-19(14)21)20-11-10-18(23-20)13-22-15(2)16-6-4-3-5-7-16;/h3-12,15,22H,13H2,1-2H3;1H. The van der Waals surface area contributed by atoms with Gasteiger partial charge in [-0.25, -0.2) is 0 Å². The molecule has 126 valence electrons. The Hall–Kier alpha value is -1.74. The Balaban J connectivity index is 0.00000208. The van der Waals surface area contributed by atoms with Crippen LogP contribution in [0, 0.1) is 6.92 Å². The molecule has 2 aromatic carbocycles. The summed E-state index contributed by atoms with van der Waals surface area (Å²) in [6.45, 7) is 4.84. The van der Waals surface area contributed by atoms with Gasteiger partial charge in [-0.1, -0.05) is 54.1 Å². The summed E-state index contributed by atoms with van der Waals surface area (Å²) in [5.41, 5.74) is 3.34. The van der Waals surface area contributed by atoms with Crippen molar-refractivity contribution in [2.24, 2.45) is 0 Å². The molecule has 1 atom stereocenters. The van der Waals surface area contributed by atoms with E-state index >= 15 is 0 Å². The molecule has 1 heterocycles. The highest BCUT2D eigenvalue weighted by Crippen LogP contribution is 2.27. The van der Waals surface area contributed by atoms with E-state index in [2.05, 4.69) is 36.5 Å². The number of halogens is 2. The summed E-state index contributed by atoms with van der Waals surface area (Å²) in [4.78, 5) is 0. The van der Waals surface area contributed by atoms with Crippen molar-refractivity contribution in [2.75, 3.05) is 0 Å². The Morgan fingerprint density at radius 2 is 1.79 bits per heavy atom. The van der Waals surface area contributed by atoms with E-state index in [1.807, 2.05) is 43.3 Å². The van der Waals surface area contributed by atoms with Crippen LogP contribution >= 0.6 is 24.0 Å². The fourth-order valence-corrected chi connectivity index (χ4v) is 2.67. The van der Waals surface area contributed by atoms with E-state index in [0.717, 1.165) is 27.7 Å². The molecule has 0 radical (unpaired) electrons. The maximum atomic E-state index is 6.19. The van der Waals surface area contributed by atoms with Crippen LogP contribution in [0.4, 0.5) is 0 Å². The molecular formula is C20H21Cl2NO. The van der Waals surface area contributed by atoms with Gasteiger partial charge in [-0.15, -0.1) is 12.4 Å². The summed E-state index contributed by atoms with van der Waals surface area (Å²) in [6, 6.07) is 20.6. The third-order valence-corrected chi connectivity index (χ3v) is 4.41. The summed E-state index contributed by atoms with van der Waals surface area (Å²) < 4.78 is 5.93. The van der Waals surface area contributed by atoms with Crippen molar-refractivity contribution in [3.63, 3.8) is 0 Å². The summed E-state index contributed by atoms with van der Waals surface area (Å²) in [5, 5.41) is 4.24. The minimum absolute atomic E-state index is 0. The van der Waals surface area contributed by atoms with Gasteiger partial charge in [-0.2, -0.15) is 0 Å². The summed E-state index contributed by atoms with van der Waals surface area (Å²) >= 11 is 6.19. The van der Waals surface area contributed by atoms with Crippen LogP contribution in [0.1, 0.15) is 29.9 Å². The first kappa shape index (κ1) is 18.6. The van der Waals surface area contributed by atoms with Crippen LogP contribution in [-0.2, 0) is 6.54 Å². The zero-order valence-electron chi connectivity index (χ0n) is 13.8. The van der Waals surface area contributed by atoms with Gasteiger partial charge in [-0.3, -0.25) is 0 Å². The van der Waals surface area contributed by atoms with Crippen LogP contribution in [0.5, 0.6) is 0 Å². The van der Waals surface area contributed by atoms with E-state index in [1.54, 1.807) is 0 Å². The summed E-state index contributed by atoms with van der Waals surface area (Å²) in [7, 11) is 0. The lowest BCUT2D eigenvalue weighted by Gasteiger charge is -2.12. The fraction of sp³-hybridized carbons (Fsp3) is 0.200. The Morgan fingerprint density at radius 1 is 1.04 bits per heavy atom. The summed E-state index contributed by atoms with van der Waals surface area (Å²) in [5.74, 6) is 1.76. The highest BCUT2D eigenvalue weighted by atomic mass is 35.5. The van der Waals surface area contributed by atoms with E-state index in [0.29, 0.717) is 6.54 Å². The summed E-state index contributed by atoms with van der Waals surface area (Å²) in [6.07, 6.45) is 0. The van der Waals surface area contributed by atoms with Crippen LogP contribution in [0.25, 0.3) is 11.3 Å². The molecule has 1 unspecified atom stereocenters. The molecule has 24 heavy (non-hydrogen) atoms. The number of furan rings is 1. The lowest BCUT2D eigenvalue weighted by Crippen LogP contribution is -2.17. The van der Waals surface area contributed by atoms with Crippen LogP contribution in [0.2, 0.25) is 5.02 Å². The highest BCUT2D eigenvalue weighted by molar-refractivity contribution is 6.31. The van der Waals surface area contributed by atoms with Crippen LogP contribution in [-0.4, -0.2) is 0 Å². The number of nitrogens with one attached hydrogen (secondary N) is 1. The molecule has 3 rings (SSSR count). The van der Waals surface area contributed by atoms with E-state index in [4.69, 9.17) is 16.0 Å². The van der Waals surface area contributed by atoms with Crippen LogP contribution < -0.4 is 5.32 Å². The molecule has 0 amide bonds. The monoisotopic (exact) mass is 361 g/mol. The molecule has 0 spiro atoms. The van der Waals surface area contributed by atoms with Gasteiger partial charge >= 0.3 is 0 Å². The molecular weight excluding hydrogens is 341 g/mol. The molecule has 1 aromatic heterocycles. The van der Waals surface area contributed by atoms with Crippen molar-refractivity contribution < 1.29 is 4.42 Å². The predicted octanol–water partition coefficient (Wildman–Crippen LogP) is 6.18. The van der Waals surface area contributed by atoms with Gasteiger partial charge in [0.25, 0.3) is 0 Å². The SMILES string of the molecule is Cc1ccc(-c2ccc(CNC(C)c3ccccc3)o2)cc1Cl.Cl. The number of rotatable bonds is 5. The van der Waals surface area contributed by atoms with Gasteiger partial charge in [0.05, 0.1) is 6.54 Å². The number of hydrogen-bond acceptors (Lipinski definition) is 2. The Morgan fingerprint density at radius 3 is 2.50 bits per heavy atom. The zero-order valence-corrected chi connectivity index (χ0v) is 15.3. The van der Waals surface area contributed by atoms with E-state index in [1.165, 1.54) is 5.56 Å². The van der Waals surface area contributed by atoms with Crippen molar-refractivity contribution in [1.29, 1.82) is 0 Å². The zero-order chi connectivity index (χ0) is 16.2. The minimum Gasteiger partial charge on any atom is -0.460 e. The molecule has 0 bridgehead atoms. The second-order valence-electron chi connectivity index (χ2n) is 5.74. The maximum Gasteiger partial charge on any atom is 0.134 e. The smallest absolute Gasteiger partial charge is 0.134 e. The first-order chi connectivity index (χ1) is 11.1. The molecule has 0 saturated heterocycles. The van der Waals surface area contributed by atoms with E-state index in [-0.39, 0.29) is 18.4 Å². The first-order valence-corrected chi connectivity index (χ1v) is 8.15. The molecule has 0 saturated carbocycles. The molecule has 3 aromatic rings. The molecule has 4 heteroatoms. The molecule has 1 N–H and O–H groups in total. The largest absolute Gasteiger partial charge is 0.460 e. The van der Waals surface area contributed by atoms with Crippen LogP contribution in [0.15, 0.2) is 65.1 Å². The van der Waals surface area contributed by atoms with E-state index < -0.39 is 0 Å². The molecule has 0 fully saturated rings. The molecule has 0 aliphatic carbocycles. The number of hydrogen-bond donors (Lipinski definition) is 1. The quantitative estimate of drug-likeness (QED) is 0.586. The van der Waals surface area contributed by atoms with Gasteiger partial charge in [-0.05, 0) is 43.2 Å². The second-order valence-corrected chi connectivity index (χ2v) is 6.15. The number of aryl methyl sites for hydroxylation is 1. The molecule has 0 aliphatic rings. The van der Waals surface area contributed by atoms with E-state index in [9.17, 15) is 0 Å². The topological polar surface area (TPSA) is 25.2 Å². The normalized spacial score (nSPS) is 11.8. The lowest BCUT2D eigenvalue weighted by molar-refractivity contribution is 0.468. The van der Waals surface area contributed by atoms with Gasteiger partial charge in [0, 0.05) is 16.6 Å². The van der Waals surface area contributed by atoms with Gasteiger partial charge in [0.2, 0.25) is 0 Å². The third-order valence-electron chi connectivity index (χ3n) is 4.00. The van der Waals surface area contributed by atoms with Gasteiger partial charge in [0.1, 0.15) is 11.5 Å². The van der Waals surface area contributed by atoms with Crippen molar-refractivity contribution in [1.82, 2.24) is 5.32 Å². The average molecular weight is 362 g/mol. The Bertz CT molecular complexity index is 783. The van der Waals surface area contributed by atoms with Crippen molar-refractivity contribution in [2.45, 2.75) is 26.4 Å². The minimum atomic E-state index is 0. The van der Waals surface area contributed by atoms with Crippen LogP contribution in [0.3, 0.4) is 0 Å². The third kappa shape index (κ3) is 4.41. The fourth-order valence-electron chi connectivity index (χ4n) is 2.49. The van der Waals surface area contributed by atoms with Crippen molar-refractivity contribution >= 4 is 24.0 Å². The Kier molecular flexibility index (Phi) is 6.50. The highest BCUT2D eigenvalue weighted by Gasteiger charge is 2.09. The second kappa shape index (κ2) is 8.39. The maximum absolute atomic E-state index is 6.19. The van der Waals surface area contributed by atoms with Gasteiger partial charge < -0.3 is 9.73 Å². The number of benzene rings is 2.